The van der Waals surface area contributed by atoms with Crippen LogP contribution in [0.1, 0.15) is 39.0 Å². The highest BCUT2D eigenvalue weighted by atomic mass is 127. The average molecular weight is 546 g/mol. The third-order valence-corrected chi connectivity index (χ3v) is 6.33. The number of rotatable bonds is 8. The molecule has 1 aromatic heterocycles. The van der Waals surface area contributed by atoms with Crippen molar-refractivity contribution in [3.8, 4) is 0 Å². The minimum atomic E-state index is -4.14. The van der Waals surface area contributed by atoms with Gasteiger partial charge in [0.1, 0.15) is 0 Å². The van der Waals surface area contributed by atoms with Crippen molar-refractivity contribution >= 4 is 41.3 Å². The Hall–Kier alpha value is -0.550. The van der Waals surface area contributed by atoms with Crippen molar-refractivity contribution in [2.24, 2.45) is 10.9 Å². The first-order chi connectivity index (χ1) is 13.1. The highest BCUT2D eigenvalue weighted by molar-refractivity contribution is 14.0. The van der Waals surface area contributed by atoms with Gasteiger partial charge >= 0.3 is 6.18 Å². The number of hydrogen-bond donors (Lipinski definition) is 1. The Morgan fingerprint density at radius 3 is 2.62 bits per heavy atom. The van der Waals surface area contributed by atoms with E-state index in [0.29, 0.717) is 19.6 Å². The quantitative estimate of drug-likeness (QED) is 0.289. The fourth-order valence-corrected chi connectivity index (χ4v) is 4.38. The predicted molar refractivity (Wildman–Crippen MR) is 127 cm³/mol. The molecule has 9 heteroatoms. The van der Waals surface area contributed by atoms with Crippen LogP contribution in [0.5, 0.6) is 0 Å². The molecular weight excluding hydrogens is 512 g/mol. The monoisotopic (exact) mass is 546 g/mol. The van der Waals surface area contributed by atoms with Gasteiger partial charge in [-0.3, -0.25) is 9.89 Å². The summed E-state index contributed by atoms with van der Waals surface area (Å²) in [6.07, 6.45) is -3.24. The second-order valence-corrected chi connectivity index (χ2v) is 9.02. The lowest BCUT2D eigenvalue weighted by Gasteiger charge is -2.27. The van der Waals surface area contributed by atoms with Gasteiger partial charge in [0, 0.05) is 36.5 Å². The third-order valence-electron chi connectivity index (χ3n) is 5.10. The predicted octanol–water partition coefficient (Wildman–Crippen LogP) is 4.82. The zero-order valence-electron chi connectivity index (χ0n) is 17.8. The molecule has 1 fully saturated rings. The molecule has 0 amide bonds. The topological polar surface area (TPSA) is 30.9 Å². The molecule has 0 aromatic carbocycles. The Morgan fingerprint density at radius 1 is 1.34 bits per heavy atom. The molecule has 1 saturated heterocycles. The van der Waals surface area contributed by atoms with E-state index in [1.165, 1.54) is 9.78 Å². The summed E-state index contributed by atoms with van der Waals surface area (Å²) in [7, 11) is 0. The number of alkyl halides is 3. The lowest BCUT2D eigenvalue weighted by atomic mass is 9.92. The summed E-state index contributed by atoms with van der Waals surface area (Å²) in [5, 5.41) is 5.44. The fraction of sp³-hybridized carbons (Fsp3) is 0.750. The zero-order valence-corrected chi connectivity index (χ0v) is 20.9. The van der Waals surface area contributed by atoms with Crippen LogP contribution in [0.3, 0.4) is 0 Å². The van der Waals surface area contributed by atoms with Gasteiger partial charge in [-0.05, 0) is 37.3 Å². The standard InChI is InChI=1S/C20H33F3N4S.HI/c1-5-24-18(25-14-19(3,4)17-8-7-11-28-17)27-10-9-16(13-27)12-26(6-2)15-20(21,22)23;/h7-8,11,16H,5-6,9-10,12-15H2,1-4H3,(H,24,25);1H. The van der Waals surface area contributed by atoms with Gasteiger partial charge in [-0.2, -0.15) is 13.2 Å². The number of halogens is 4. The lowest BCUT2D eigenvalue weighted by Crippen LogP contribution is -2.42. The van der Waals surface area contributed by atoms with E-state index in [1.807, 2.05) is 6.92 Å². The van der Waals surface area contributed by atoms with E-state index < -0.39 is 12.7 Å². The molecule has 29 heavy (non-hydrogen) atoms. The molecule has 2 heterocycles. The normalized spacial score (nSPS) is 18.3. The molecule has 0 aliphatic carbocycles. The minimum Gasteiger partial charge on any atom is -0.357 e. The van der Waals surface area contributed by atoms with Crippen molar-refractivity contribution in [1.82, 2.24) is 15.1 Å². The Balaban J connectivity index is 0.00000420. The molecule has 1 aliphatic rings. The van der Waals surface area contributed by atoms with Gasteiger partial charge in [-0.15, -0.1) is 35.3 Å². The smallest absolute Gasteiger partial charge is 0.357 e. The van der Waals surface area contributed by atoms with Gasteiger partial charge in [0.25, 0.3) is 0 Å². The molecule has 1 N–H and O–H groups in total. The molecular formula is C20H34F3IN4S. The molecule has 168 valence electrons. The molecule has 0 saturated carbocycles. The summed E-state index contributed by atoms with van der Waals surface area (Å²) >= 11 is 1.74. The summed E-state index contributed by atoms with van der Waals surface area (Å²) in [4.78, 5) is 9.86. The van der Waals surface area contributed by atoms with Gasteiger partial charge in [-0.1, -0.05) is 26.8 Å². The van der Waals surface area contributed by atoms with E-state index in [1.54, 1.807) is 18.3 Å². The van der Waals surface area contributed by atoms with Crippen molar-refractivity contribution < 1.29 is 13.2 Å². The van der Waals surface area contributed by atoms with Crippen LogP contribution >= 0.6 is 35.3 Å². The molecule has 0 radical (unpaired) electrons. The largest absolute Gasteiger partial charge is 0.401 e. The van der Waals surface area contributed by atoms with E-state index in [2.05, 4.69) is 41.6 Å². The molecule has 1 unspecified atom stereocenters. The Morgan fingerprint density at radius 2 is 2.07 bits per heavy atom. The first kappa shape index (κ1) is 26.5. The molecule has 0 bridgehead atoms. The second-order valence-electron chi connectivity index (χ2n) is 8.07. The SMILES string of the molecule is CCNC(=NCC(C)(C)c1cccs1)N1CCC(CN(CC)CC(F)(F)F)C1.I. The van der Waals surface area contributed by atoms with Crippen molar-refractivity contribution in [3.05, 3.63) is 22.4 Å². The van der Waals surface area contributed by atoms with Crippen LogP contribution in [0.4, 0.5) is 13.2 Å². The van der Waals surface area contributed by atoms with Crippen LogP contribution in [-0.4, -0.2) is 67.7 Å². The van der Waals surface area contributed by atoms with Gasteiger partial charge in [0.15, 0.2) is 5.96 Å². The second kappa shape index (κ2) is 11.7. The van der Waals surface area contributed by atoms with Crippen molar-refractivity contribution in [2.75, 3.05) is 45.8 Å². The summed E-state index contributed by atoms with van der Waals surface area (Å²) in [5.41, 5.74) is -0.0420. The summed E-state index contributed by atoms with van der Waals surface area (Å²) in [6.45, 7) is 11.3. The van der Waals surface area contributed by atoms with Crippen LogP contribution in [0.2, 0.25) is 0 Å². The highest BCUT2D eigenvalue weighted by Gasteiger charge is 2.33. The number of likely N-dealkylation sites (tertiary alicyclic amines) is 1. The zero-order chi connectivity index (χ0) is 20.8. The maximum absolute atomic E-state index is 12.7. The van der Waals surface area contributed by atoms with E-state index in [4.69, 9.17) is 4.99 Å². The number of guanidine groups is 1. The maximum Gasteiger partial charge on any atom is 0.401 e. The van der Waals surface area contributed by atoms with E-state index in [9.17, 15) is 13.2 Å². The highest BCUT2D eigenvalue weighted by Crippen LogP contribution is 2.28. The maximum atomic E-state index is 12.7. The molecule has 1 aromatic rings. The van der Waals surface area contributed by atoms with E-state index in [0.717, 1.165) is 32.0 Å². The lowest BCUT2D eigenvalue weighted by molar-refractivity contribution is -0.146. The minimum absolute atomic E-state index is 0. The summed E-state index contributed by atoms with van der Waals surface area (Å²) in [6, 6.07) is 4.20. The van der Waals surface area contributed by atoms with Gasteiger partial charge in [0.2, 0.25) is 0 Å². The van der Waals surface area contributed by atoms with Gasteiger partial charge < -0.3 is 10.2 Å². The summed E-state index contributed by atoms with van der Waals surface area (Å²) < 4.78 is 38.2. The first-order valence-electron chi connectivity index (χ1n) is 10.0. The van der Waals surface area contributed by atoms with E-state index in [-0.39, 0.29) is 35.3 Å². The average Bonchev–Trinajstić information content (AvgIpc) is 3.29. The van der Waals surface area contributed by atoms with Crippen molar-refractivity contribution in [2.45, 2.75) is 45.7 Å². The van der Waals surface area contributed by atoms with Crippen molar-refractivity contribution in [1.29, 1.82) is 0 Å². The molecule has 2 rings (SSSR count). The van der Waals surface area contributed by atoms with E-state index >= 15 is 0 Å². The Labute approximate surface area is 194 Å². The Bertz CT molecular complexity index is 620. The third kappa shape index (κ3) is 8.61. The molecule has 1 atom stereocenters. The fourth-order valence-electron chi connectivity index (χ4n) is 3.54. The van der Waals surface area contributed by atoms with Crippen LogP contribution in [0.15, 0.2) is 22.5 Å². The Kier molecular flexibility index (Phi) is 10.7. The van der Waals surface area contributed by atoms with Crippen LogP contribution in [0, 0.1) is 5.92 Å². The summed E-state index contributed by atoms with van der Waals surface area (Å²) in [5.74, 6) is 1.10. The van der Waals surface area contributed by atoms with Gasteiger partial charge in [0.05, 0.1) is 13.1 Å². The number of aliphatic imine (C=N–C) groups is 1. The molecule has 4 nitrogen and oxygen atoms in total. The van der Waals surface area contributed by atoms with Crippen LogP contribution in [0.25, 0.3) is 0 Å². The number of thiophene rings is 1. The van der Waals surface area contributed by atoms with Crippen LogP contribution < -0.4 is 5.32 Å². The number of nitrogens with one attached hydrogen (secondary N) is 1. The number of nitrogens with zero attached hydrogens (tertiary/aromatic N) is 3. The van der Waals surface area contributed by atoms with Gasteiger partial charge in [-0.25, -0.2) is 0 Å². The first-order valence-corrected chi connectivity index (χ1v) is 10.9. The molecule has 1 aliphatic heterocycles. The van der Waals surface area contributed by atoms with Crippen molar-refractivity contribution in [3.63, 3.8) is 0 Å². The number of hydrogen-bond acceptors (Lipinski definition) is 3. The molecule has 0 spiro atoms. The van der Waals surface area contributed by atoms with Crippen LogP contribution in [-0.2, 0) is 5.41 Å².